The molecule has 0 bridgehead atoms. The molecule has 0 unspecified atom stereocenters. The first-order chi connectivity index (χ1) is 15.2. The number of aryl methyl sites for hydroxylation is 1. The molecule has 4 rings (SSSR count). The number of hydrogen-bond acceptors (Lipinski definition) is 4. The van der Waals surface area contributed by atoms with Crippen molar-refractivity contribution in [1.82, 2.24) is 14.1 Å². The lowest BCUT2D eigenvalue weighted by atomic mass is 10.1. The average molecular weight is 478 g/mol. The van der Waals surface area contributed by atoms with Crippen LogP contribution in [-0.2, 0) is 10.0 Å². The van der Waals surface area contributed by atoms with Crippen molar-refractivity contribution in [1.29, 1.82) is 0 Å². The highest BCUT2D eigenvalue weighted by Crippen LogP contribution is 2.31. The molecule has 0 spiro atoms. The molecule has 0 aliphatic carbocycles. The van der Waals surface area contributed by atoms with Gasteiger partial charge in [0.25, 0.3) is 0 Å². The van der Waals surface area contributed by atoms with Crippen molar-refractivity contribution in [3.05, 3.63) is 83.0 Å². The molecule has 6 nitrogen and oxygen atoms in total. The van der Waals surface area contributed by atoms with E-state index in [-0.39, 0.29) is 28.9 Å². The second-order valence-electron chi connectivity index (χ2n) is 7.03. The second kappa shape index (κ2) is 8.85. The molecule has 2 aromatic carbocycles. The van der Waals surface area contributed by atoms with E-state index in [2.05, 4.69) is 9.71 Å². The Labute approximate surface area is 188 Å². The Balaban J connectivity index is 1.55. The van der Waals surface area contributed by atoms with Crippen molar-refractivity contribution in [3.63, 3.8) is 0 Å². The molecule has 2 heterocycles. The highest BCUT2D eigenvalue weighted by molar-refractivity contribution is 7.89. The fourth-order valence-electron chi connectivity index (χ4n) is 3.11. The lowest BCUT2D eigenvalue weighted by Gasteiger charge is -2.10. The zero-order valence-electron chi connectivity index (χ0n) is 16.8. The van der Waals surface area contributed by atoms with Gasteiger partial charge in [0.2, 0.25) is 15.9 Å². The van der Waals surface area contributed by atoms with Crippen LogP contribution in [0.5, 0.6) is 5.88 Å². The van der Waals surface area contributed by atoms with Crippen LogP contribution in [0.15, 0.2) is 65.7 Å². The first-order valence-electron chi connectivity index (χ1n) is 9.57. The number of ether oxygens (including phenoxy) is 1. The van der Waals surface area contributed by atoms with E-state index in [1.165, 1.54) is 12.1 Å². The summed E-state index contributed by atoms with van der Waals surface area (Å²) in [5, 5.41) is -0.283. The molecule has 0 aliphatic heterocycles. The normalized spacial score (nSPS) is 11.8. The Morgan fingerprint density at radius 3 is 2.56 bits per heavy atom. The highest BCUT2D eigenvalue weighted by Gasteiger charge is 2.18. The maximum absolute atomic E-state index is 13.4. The van der Waals surface area contributed by atoms with Crippen LogP contribution in [-0.4, -0.2) is 31.0 Å². The third kappa shape index (κ3) is 4.59. The molecule has 0 aliphatic rings. The van der Waals surface area contributed by atoms with Gasteiger partial charge in [0, 0.05) is 18.3 Å². The van der Waals surface area contributed by atoms with Gasteiger partial charge in [0.15, 0.2) is 0 Å². The van der Waals surface area contributed by atoms with E-state index in [1.54, 1.807) is 16.5 Å². The van der Waals surface area contributed by atoms with Gasteiger partial charge in [-0.25, -0.2) is 26.9 Å². The molecule has 1 N–H and O–H groups in total. The number of nitrogens with zero attached hydrogens (tertiary/aromatic N) is 2. The smallest absolute Gasteiger partial charge is 0.240 e. The van der Waals surface area contributed by atoms with Crippen LogP contribution in [0.3, 0.4) is 0 Å². The number of fused-ring (bicyclic) bond motifs is 1. The molecule has 4 aromatic rings. The minimum Gasteiger partial charge on any atom is -0.476 e. The van der Waals surface area contributed by atoms with Gasteiger partial charge in [0.1, 0.15) is 29.6 Å². The van der Waals surface area contributed by atoms with Crippen molar-refractivity contribution in [2.75, 3.05) is 13.2 Å². The lowest BCUT2D eigenvalue weighted by Crippen LogP contribution is -2.28. The SMILES string of the molecule is Cc1ccc2nc(-c3ccc(F)cc3)c(OCCNS(=O)(=O)c3ccc(F)c(Cl)c3)n2c1. The van der Waals surface area contributed by atoms with Gasteiger partial charge >= 0.3 is 0 Å². The molecule has 32 heavy (non-hydrogen) atoms. The predicted molar refractivity (Wildman–Crippen MR) is 117 cm³/mol. The van der Waals surface area contributed by atoms with Gasteiger partial charge in [-0.3, -0.25) is 4.40 Å². The summed E-state index contributed by atoms with van der Waals surface area (Å²) in [6, 6.07) is 12.7. The average Bonchev–Trinajstić information content (AvgIpc) is 3.11. The highest BCUT2D eigenvalue weighted by atomic mass is 35.5. The Morgan fingerprint density at radius 1 is 1.09 bits per heavy atom. The van der Waals surface area contributed by atoms with Gasteiger partial charge in [-0.1, -0.05) is 17.7 Å². The van der Waals surface area contributed by atoms with E-state index < -0.39 is 15.8 Å². The van der Waals surface area contributed by atoms with Crippen LogP contribution in [0.4, 0.5) is 8.78 Å². The predicted octanol–water partition coefficient (Wildman–Crippen LogP) is 4.60. The number of sulfonamides is 1. The Kier molecular flexibility index (Phi) is 6.14. The summed E-state index contributed by atoms with van der Waals surface area (Å²) in [4.78, 5) is 4.42. The van der Waals surface area contributed by atoms with E-state index in [1.807, 2.05) is 25.3 Å². The van der Waals surface area contributed by atoms with Crippen LogP contribution in [0.25, 0.3) is 16.9 Å². The van der Waals surface area contributed by atoms with Gasteiger partial charge < -0.3 is 4.74 Å². The minimum atomic E-state index is -3.90. The van der Waals surface area contributed by atoms with E-state index in [0.717, 1.165) is 23.8 Å². The summed E-state index contributed by atoms with van der Waals surface area (Å²) in [5.74, 6) is -0.671. The Bertz CT molecular complexity index is 1390. The van der Waals surface area contributed by atoms with Crippen LogP contribution < -0.4 is 9.46 Å². The molecule has 0 saturated heterocycles. The number of benzene rings is 2. The summed E-state index contributed by atoms with van der Waals surface area (Å²) in [5.41, 5.74) is 2.76. The minimum absolute atomic E-state index is 0.00983. The summed E-state index contributed by atoms with van der Waals surface area (Å²) in [7, 11) is -3.90. The summed E-state index contributed by atoms with van der Waals surface area (Å²) < 4.78 is 61.6. The third-order valence-corrected chi connectivity index (χ3v) is 6.42. The van der Waals surface area contributed by atoms with Gasteiger partial charge in [-0.15, -0.1) is 0 Å². The zero-order valence-corrected chi connectivity index (χ0v) is 18.4. The molecule has 10 heteroatoms. The molecular weight excluding hydrogens is 460 g/mol. The van der Waals surface area contributed by atoms with Crippen LogP contribution in [0.1, 0.15) is 5.56 Å². The van der Waals surface area contributed by atoms with Gasteiger partial charge in [0.05, 0.1) is 9.92 Å². The third-order valence-electron chi connectivity index (χ3n) is 4.67. The van der Waals surface area contributed by atoms with Crippen LogP contribution in [0, 0.1) is 18.6 Å². The molecule has 166 valence electrons. The number of halogens is 3. The van der Waals surface area contributed by atoms with Crippen molar-refractivity contribution < 1.29 is 21.9 Å². The molecule has 0 fully saturated rings. The van der Waals surface area contributed by atoms with E-state index in [4.69, 9.17) is 16.3 Å². The molecule has 0 radical (unpaired) electrons. The topological polar surface area (TPSA) is 72.7 Å². The summed E-state index contributed by atoms with van der Waals surface area (Å²) >= 11 is 5.68. The number of hydrogen-bond donors (Lipinski definition) is 1. The maximum atomic E-state index is 13.4. The van der Waals surface area contributed by atoms with Crippen molar-refractivity contribution >= 4 is 27.3 Å². The number of pyridine rings is 1. The number of aromatic nitrogens is 2. The van der Waals surface area contributed by atoms with Crippen LogP contribution in [0.2, 0.25) is 5.02 Å². The number of nitrogens with one attached hydrogen (secondary N) is 1. The molecule has 0 amide bonds. The van der Waals surface area contributed by atoms with Crippen molar-refractivity contribution in [3.8, 4) is 17.1 Å². The van der Waals surface area contributed by atoms with Crippen LogP contribution >= 0.6 is 11.6 Å². The molecule has 2 aromatic heterocycles. The first kappa shape index (κ1) is 22.2. The number of imidazole rings is 1. The van der Waals surface area contributed by atoms with E-state index in [9.17, 15) is 17.2 Å². The lowest BCUT2D eigenvalue weighted by molar-refractivity contribution is 0.309. The van der Waals surface area contributed by atoms with Gasteiger partial charge in [-0.2, -0.15) is 0 Å². The number of rotatable bonds is 7. The van der Waals surface area contributed by atoms with Crippen molar-refractivity contribution in [2.45, 2.75) is 11.8 Å². The summed E-state index contributed by atoms with van der Waals surface area (Å²) in [6.45, 7) is 1.85. The van der Waals surface area contributed by atoms with E-state index in [0.29, 0.717) is 22.8 Å². The van der Waals surface area contributed by atoms with Crippen molar-refractivity contribution in [2.24, 2.45) is 0 Å². The fraction of sp³-hybridized carbons (Fsp3) is 0.136. The molecule has 0 atom stereocenters. The van der Waals surface area contributed by atoms with E-state index >= 15 is 0 Å². The first-order valence-corrected chi connectivity index (χ1v) is 11.4. The second-order valence-corrected chi connectivity index (χ2v) is 9.20. The maximum Gasteiger partial charge on any atom is 0.240 e. The fourth-order valence-corrected chi connectivity index (χ4v) is 4.40. The zero-order chi connectivity index (χ0) is 22.9. The largest absolute Gasteiger partial charge is 0.476 e. The molecule has 0 saturated carbocycles. The summed E-state index contributed by atoms with van der Waals surface area (Å²) in [6.07, 6.45) is 1.84. The Hall–Kier alpha value is -3.01. The Morgan fingerprint density at radius 2 is 1.84 bits per heavy atom. The standard InChI is InChI=1S/C22H18ClF2N3O3S/c1-14-2-9-20-27-21(15-3-5-16(24)6-4-15)22(28(20)13-14)31-11-10-26-32(29,30)17-7-8-19(25)18(23)12-17/h2-9,12-13,26H,10-11H2,1H3. The quantitative estimate of drug-likeness (QED) is 0.395. The monoisotopic (exact) mass is 477 g/mol. The van der Waals surface area contributed by atoms with Gasteiger partial charge in [-0.05, 0) is 61.0 Å². The molecular formula is C22H18ClF2N3O3S.